The van der Waals surface area contributed by atoms with E-state index >= 15 is 0 Å². The summed E-state index contributed by atoms with van der Waals surface area (Å²) in [6.45, 7) is 4.21. The molecule has 0 unspecified atom stereocenters. The summed E-state index contributed by atoms with van der Waals surface area (Å²) in [5.74, 6) is 0.915. The average molecular weight is 197 g/mol. The van der Waals surface area contributed by atoms with Crippen LogP contribution in [0.1, 0.15) is 45.4 Å². The maximum absolute atomic E-state index is 5.19. The summed E-state index contributed by atoms with van der Waals surface area (Å²) >= 11 is 0. The molecule has 2 heteroatoms. The second kappa shape index (κ2) is 5.13. The molecule has 0 aromatic rings. The van der Waals surface area contributed by atoms with Crippen molar-refractivity contribution in [2.45, 2.75) is 57.5 Å². The van der Waals surface area contributed by atoms with Crippen molar-refractivity contribution in [3.05, 3.63) is 0 Å². The Hall–Kier alpha value is -0.0800. The van der Waals surface area contributed by atoms with Gasteiger partial charge in [0.1, 0.15) is 0 Å². The summed E-state index contributed by atoms with van der Waals surface area (Å²) < 4.78 is 5.19. The van der Waals surface area contributed by atoms with Crippen molar-refractivity contribution in [3.8, 4) is 0 Å². The van der Waals surface area contributed by atoms with Crippen LogP contribution in [0.3, 0.4) is 0 Å². The molecule has 1 saturated carbocycles. The molecule has 2 fully saturated rings. The lowest BCUT2D eigenvalue weighted by atomic mass is 9.92. The predicted octanol–water partition coefficient (Wildman–Crippen LogP) is 2.33. The van der Waals surface area contributed by atoms with Gasteiger partial charge in [-0.2, -0.15) is 0 Å². The van der Waals surface area contributed by atoms with Gasteiger partial charge in [-0.05, 0) is 25.7 Å². The Bertz CT molecular complexity index is 160. The van der Waals surface area contributed by atoms with E-state index in [1.54, 1.807) is 0 Å². The highest BCUT2D eigenvalue weighted by molar-refractivity contribution is 4.81. The molecule has 1 atom stereocenters. The van der Waals surface area contributed by atoms with Crippen molar-refractivity contribution in [3.63, 3.8) is 0 Å². The predicted molar refractivity (Wildman–Crippen MR) is 58.4 cm³/mol. The van der Waals surface area contributed by atoms with Gasteiger partial charge in [0, 0.05) is 6.04 Å². The molecule has 82 valence electrons. The third-order valence-electron chi connectivity index (χ3n) is 3.74. The molecule has 1 aliphatic carbocycles. The van der Waals surface area contributed by atoms with Crippen LogP contribution in [0.5, 0.6) is 0 Å². The Balaban J connectivity index is 1.73. The molecule has 0 aromatic carbocycles. The van der Waals surface area contributed by atoms with E-state index in [1.807, 2.05) is 0 Å². The maximum Gasteiger partial charge on any atom is 0.0643 e. The first kappa shape index (κ1) is 10.4. The summed E-state index contributed by atoms with van der Waals surface area (Å²) in [6, 6.07) is 1.34. The van der Waals surface area contributed by atoms with Gasteiger partial charge in [-0.1, -0.05) is 25.7 Å². The molecule has 1 N–H and O–H groups in total. The minimum absolute atomic E-state index is 0.647. The Morgan fingerprint density at radius 1 is 1.07 bits per heavy atom. The van der Waals surface area contributed by atoms with Crippen LogP contribution in [0, 0.1) is 5.92 Å². The van der Waals surface area contributed by atoms with Crippen molar-refractivity contribution >= 4 is 0 Å². The van der Waals surface area contributed by atoms with Crippen molar-refractivity contribution in [2.24, 2.45) is 5.92 Å². The van der Waals surface area contributed by atoms with Gasteiger partial charge in [-0.3, -0.25) is 0 Å². The second-order valence-corrected chi connectivity index (χ2v) is 4.94. The van der Waals surface area contributed by atoms with E-state index in [0.717, 1.165) is 19.1 Å². The van der Waals surface area contributed by atoms with Crippen LogP contribution in [0.25, 0.3) is 0 Å². The molecule has 1 heterocycles. The van der Waals surface area contributed by atoms with Crippen LogP contribution in [-0.2, 0) is 4.74 Å². The fourth-order valence-electron chi connectivity index (χ4n) is 2.65. The average Bonchev–Trinajstić information content (AvgIpc) is 2.38. The van der Waals surface area contributed by atoms with E-state index in [9.17, 15) is 0 Å². The van der Waals surface area contributed by atoms with Crippen molar-refractivity contribution in [2.75, 3.05) is 13.2 Å². The number of hydrogen-bond donors (Lipinski definition) is 1. The first-order valence-corrected chi connectivity index (χ1v) is 6.20. The lowest BCUT2D eigenvalue weighted by molar-refractivity contribution is -0.0125. The van der Waals surface area contributed by atoms with E-state index in [-0.39, 0.29) is 0 Å². The van der Waals surface area contributed by atoms with Gasteiger partial charge in [-0.25, -0.2) is 0 Å². The van der Waals surface area contributed by atoms with Crippen LogP contribution < -0.4 is 5.32 Å². The molecule has 2 rings (SSSR count). The Morgan fingerprint density at radius 2 is 1.71 bits per heavy atom. The highest BCUT2D eigenvalue weighted by atomic mass is 16.5. The molecular weight excluding hydrogens is 174 g/mol. The minimum atomic E-state index is 0.647. The van der Waals surface area contributed by atoms with Crippen LogP contribution in [0.2, 0.25) is 0 Å². The lowest BCUT2D eigenvalue weighted by Gasteiger charge is -2.33. The van der Waals surface area contributed by atoms with Crippen LogP contribution >= 0.6 is 0 Å². The highest BCUT2D eigenvalue weighted by Gasteiger charge is 2.24. The fourth-order valence-corrected chi connectivity index (χ4v) is 2.65. The molecular formula is C12H23NO. The number of ether oxygens (including phenoxy) is 1. The third kappa shape index (κ3) is 2.71. The van der Waals surface area contributed by atoms with Crippen molar-refractivity contribution in [1.82, 2.24) is 5.32 Å². The van der Waals surface area contributed by atoms with Crippen LogP contribution in [0.15, 0.2) is 0 Å². The second-order valence-electron chi connectivity index (χ2n) is 4.94. The Kier molecular flexibility index (Phi) is 3.82. The smallest absolute Gasteiger partial charge is 0.0643 e. The number of hydrogen-bond acceptors (Lipinski definition) is 2. The zero-order valence-electron chi connectivity index (χ0n) is 9.30. The normalized spacial score (nSPS) is 28.1. The molecule has 1 saturated heterocycles. The summed E-state index contributed by atoms with van der Waals surface area (Å²) in [7, 11) is 0. The summed E-state index contributed by atoms with van der Waals surface area (Å²) in [5.41, 5.74) is 0. The zero-order valence-corrected chi connectivity index (χ0v) is 9.30. The molecule has 0 spiro atoms. The van der Waals surface area contributed by atoms with E-state index in [1.165, 1.54) is 38.5 Å². The SMILES string of the molecule is C[C@@H](NC1COC1)C1CCCCCC1. The molecule has 0 aromatic heterocycles. The van der Waals surface area contributed by atoms with Gasteiger partial charge in [0.2, 0.25) is 0 Å². The van der Waals surface area contributed by atoms with Gasteiger partial charge < -0.3 is 10.1 Å². The van der Waals surface area contributed by atoms with Crippen molar-refractivity contribution < 1.29 is 4.74 Å². The lowest BCUT2D eigenvalue weighted by Crippen LogP contribution is -2.51. The molecule has 0 radical (unpaired) electrons. The molecule has 2 nitrogen and oxygen atoms in total. The fraction of sp³-hybridized carbons (Fsp3) is 1.00. The van der Waals surface area contributed by atoms with Gasteiger partial charge in [0.15, 0.2) is 0 Å². The van der Waals surface area contributed by atoms with Gasteiger partial charge >= 0.3 is 0 Å². The summed E-state index contributed by atoms with van der Waals surface area (Å²) in [6.07, 6.45) is 8.66. The molecule has 1 aliphatic heterocycles. The van der Waals surface area contributed by atoms with Crippen molar-refractivity contribution in [1.29, 1.82) is 0 Å². The molecule has 2 aliphatic rings. The van der Waals surface area contributed by atoms with Gasteiger partial charge in [0.05, 0.1) is 19.3 Å². The largest absolute Gasteiger partial charge is 0.378 e. The topological polar surface area (TPSA) is 21.3 Å². The van der Waals surface area contributed by atoms with E-state index in [4.69, 9.17) is 4.74 Å². The minimum Gasteiger partial charge on any atom is -0.378 e. The number of rotatable bonds is 3. The van der Waals surface area contributed by atoms with E-state index < -0.39 is 0 Å². The van der Waals surface area contributed by atoms with Gasteiger partial charge in [-0.15, -0.1) is 0 Å². The van der Waals surface area contributed by atoms with E-state index in [2.05, 4.69) is 12.2 Å². The molecule has 14 heavy (non-hydrogen) atoms. The van der Waals surface area contributed by atoms with Crippen LogP contribution in [-0.4, -0.2) is 25.3 Å². The molecule has 0 bridgehead atoms. The highest BCUT2D eigenvalue weighted by Crippen LogP contribution is 2.25. The summed E-state index contributed by atoms with van der Waals surface area (Å²) in [5, 5.41) is 3.69. The Morgan fingerprint density at radius 3 is 2.21 bits per heavy atom. The van der Waals surface area contributed by atoms with Crippen LogP contribution in [0.4, 0.5) is 0 Å². The first-order valence-electron chi connectivity index (χ1n) is 6.20. The quantitative estimate of drug-likeness (QED) is 0.701. The third-order valence-corrected chi connectivity index (χ3v) is 3.74. The Labute approximate surface area is 87.4 Å². The maximum atomic E-state index is 5.19. The van der Waals surface area contributed by atoms with Gasteiger partial charge in [0.25, 0.3) is 0 Å². The monoisotopic (exact) mass is 197 g/mol. The first-order chi connectivity index (χ1) is 6.86. The number of nitrogens with one attached hydrogen (secondary N) is 1. The van der Waals surface area contributed by atoms with E-state index in [0.29, 0.717) is 12.1 Å². The summed E-state index contributed by atoms with van der Waals surface area (Å²) in [4.78, 5) is 0. The zero-order chi connectivity index (χ0) is 9.80. The molecule has 0 amide bonds. The standard InChI is InChI=1S/C12H23NO/c1-10(13-12-8-14-9-12)11-6-4-2-3-5-7-11/h10-13H,2-9H2,1H3/t10-/m1/s1.